The van der Waals surface area contributed by atoms with Gasteiger partial charge < -0.3 is 19.8 Å². The van der Waals surface area contributed by atoms with E-state index in [0.29, 0.717) is 16.9 Å². The number of carbonyl (C=O) groups is 2. The summed E-state index contributed by atoms with van der Waals surface area (Å²) in [6.07, 6.45) is 1.68. The molecule has 2 rings (SSSR count). The quantitative estimate of drug-likeness (QED) is 0.422. The summed E-state index contributed by atoms with van der Waals surface area (Å²) >= 11 is 0. The molecule has 0 saturated heterocycles. The second-order valence-electron chi connectivity index (χ2n) is 5.46. The Morgan fingerprint density at radius 2 is 1.85 bits per heavy atom. The molecule has 26 heavy (non-hydrogen) atoms. The first-order valence-electron chi connectivity index (χ1n) is 7.74. The Bertz CT molecular complexity index is 843. The van der Waals surface area contributed by atoms with Crippen LogP contribution >= 0.6 is 0 Å². The number of H-pyrrole nitrogens is 1. The lowest BCUT2D eigenvalue weighted by atomic mass is 10.1. The average molecular weight is 361 g/mol. The number of benzene rings is 1. The summed E-state index contributed by atoms with van der Waals surface area (Å²) in [5.74, 6) is 0.0758. The zero-order chi connectivity index (χ0) is 19.3. The average Bonchev–Trinajstić information content (AvgIpc) is 3.11. The van der Waals surface area contributed by atoms with E-state index in [1.165, 1.54) is 45.5 Å². The first-order valence-corrected chi connectivity index (χ1v) is 7.74. The Morgan fingerprint density at radius 3 is 2.38 bits per heavy atom. The summed E-state index contributed by atoms with van der Waals surface area (Å²) in [5, 5.41) is 13.9. The highest BCUT2D eigenvalue weighted by Crippen LogP contribution is 2.34. The van der Waals surface area contributed by atoms with Crippen LogP contribution in [-0.2, 0) is 6.42 Å². The molecule has 0 aliphatic rings. The highest BCUT2D eigenvalue weighted by molar-refractivity contribution is 5.99. The molecule has 0 spiro atoms. The number of carbonyl (C=O) groups excluding carboxylic acids is 2. The first kappa shape index (κ1) is 19.0. The van der Waals surface area contributed by atoms with Gasteiger partial charge in [-0.3, -0.25) is 19.7 Å². The van der Waals surface area contributed by atoms with Crippen LogP contribution < -0.4 is 14.8 Å². The van der Waals surface area contributed by atoms with Crippen LogP contribution in [0.4, 0.5) is 5.69 Å². The minimum Gasteiger partial charge on any atom is -0.493 e. The molecule has 1 heterocycles. The Labute approximate surface area is 149 Å². The van der Waals surface area contributed by atoms with Crippen molar-refractivity contribution < 1.29 is 24.0 Å². The number of hydrogen-bond donors (Lipinski definition) is 2. The maximum absolute atomic E-state index is 12.1. The zero-order valence-electron chi connectivity index (χ0n) is 14.6. The van der Waals surface area contributed by atoms with Crippen molar-refractivity contribution in [2.45, 2.75) is 13.3 Å². The number of ether oxygens (including phenoxy) is 2. The third kappa shape index (κ3) is 4.18. The molecular weight excluding hydrogens is 342 g/mol. The van der Waals surface area contributed by atoms with Gasteiger partial charge in [-0.15, -0.1) is 0 Å². The highest BCUT2D eigenvalue weighted by Gasteiger charge is 2.19. The number of Topliss-reactive ketones (excluding diaryl/α,β-unsaturated/α-hetero) is 1. The number of nitrogens with zero attached hydrogens (tertiary/aromatic N) is 1. The van der Waals surface area contributed by atoms with E-state index in [1.54, 1.807) is 0 Å². The number of rotatable bonds is 8. The van der Waals surface area contributed by atoms with E-state index in [0.717, 1.165) is 0 Å². The zero-order valence-corrected chi connectivity index (χ0v) is 14.6. The molecule has 0 aliphatic heterocycles. The lowest BCUT2D eigenvalue weighted by molar-refractivity contribution is -0.385. The van der Waals surface area contributed by atoms with E-state index < -0.39 is 10.8 Å². The summed E-state index contributed by atoms with van der Waals surface area (Å²) in [6.45, 7) is 1.57. The van der Waals surface area contributed by atoms with Crippen molar-refractivity contribution in [1.82, 2.24) is 10.3 Å². The third-order valence-electron chi connectivity index (χ3n) is 3.80. The Kier molecular flexibility index (Phi) is 5.94. The Balaban J connectivity index is 2.09. The SMILES string of the molecule is COc1cc(CCNC(=O)c2cc(C(C)=O)c[nH]2)c([N+](=O)[O-])cc1OC. The molecule has 0 radical (unpaired) electrons. The number of nitro groups is 1. The highest BCUT2D eigenvalue weighted by atomic mass is 16.6. The monoisotopic (exact) mass is 361 g/mol. The summed E-state index contributed by atoms with van der Waals surface area (Å²) in [5.41, 5.74) is 0.946. The van der Waals surface area contributed by atoms with E-state index in [2.05, 4.69) is 10.3 Å². The molecule has 9 heteroatoms. The van der Waals surface area contributed by atoms with Crippen LogP contribution in [0.3, 0.4) is 0 Å². The van der Waals surface area contributed by atoms with Crippen molar-refractivity contribution in [2.75, 3.05) is 20.8 Å². The topological polar surface area (TPSA) is 124 Å². The van der Waals surface area contributed by atoms with Gasteiger partial charge in [-0.2, -0.15) is 0 Å². The van der Waals surface area contributed by atoms with Crippen LogP contribution in [0.15, 0.2) is 24.4 Å². The number of nitrogens with one attached hydrogen (secondary N) is 2. The summed E-state index contributed by atoms with van der Waals surface area (Å²) < 4.78 is 10.2. The van der Waals surface area contributed by atoms with Gasteiger partial charge in [0, 0.05) is 23.9 Å². The number of nitro benzene ring substituents is 1. The molecule has 1 amide bonds. The van der Waals surface area contributed by atoms with E-state index in [-0.39, 0.29) is 35.9 Å². The number of aromatic nitrogens is 1. The van der Waals surface area contributed by atoms with Crippen LogP contribution in [-0.4, -0.2) is 42.4 Å². The van der Waals surface area contributed by atoms with Crippen molar-refractivity contribution in [3.8, 4) is 11.5 Å². The van der Waals surface area contributed by atoms with Gasteiger partial charge in [0.1, 0.15) is 5.69 Å². The van der Waals surface area contributed by atoms with Gasteiger partial charge in [0.25, 0.3) is 11.6 Å². The minimum absolute atomic E-state index is 0.115. The molecule has 0 saturated carbocycles. The van der Waals surface area contributed by atoms with Crippen molar-refractivity contribution >= 4 is 17.4 Å². The second-order valence-corrected chi connectivity index (χ2v) is 5.46. The summed E-state index contributed by atoms with van der Waals surface area (Å²) in [7, 11) is 2.83. The fourth-order valence-corrected chi connectivity index (χ4v) is 2.42. The molecule has 1 aromatic heterocycles. The fraction of sp³-hybridized carbons (Fsp3) is 0.294. The largest absolute Gasteiger partial charge is 0.493 e. The third-order valence-corrected chi connectivity index (χ3v) is 3.80. The van der Waals surface area contributed by atoms with Crippen molar-refractivity contribution in [2.24, 2.45) is 0 Å². The molecule has 2 aromatic rings. The van der Waals surface area contributed by atoms with Crippen molar-refractivity contribution in [3.05, 3.63) is 51.3 Å². The predicted octanol–water partition coefficient (Wildman–Crippen LogP) is 2.12. The maximum Gasteiger partial charge on any atom is 0.276 e. The lowest BCUT2D eigenvalue weighted by Gasteiger charge is -2.11. The van der Waals surface area contributed by atoms with Crippen molar-refractivity contribution in [1.29, 1.82) is 0 Å². The lowest BCUT2D eigenvalue weighted by Crippen LogP contribution is -2.26. The number of amides is 1. The fourth-order valence-electron chi connectivity index (χ4n) is 2.42. The normalized spacial score (nSPS) is 10.3. The van der Waals surface area contributed by atoms with E-state index in [4.69, 9.17) is 9.47 Å². The number of hydrogen-bond acceptors (Lipinski definition) is 6. The maximum atomic E-state index is 12.1. The number of ketones is 1. The number of methoxy groups -OCH3 is 2. The van der Waals surface area contributed by atoms with Crippen LogP contribution in [0.5, 0.6) is 11.5 Å². The summed E-state index contributed by atoms with van der Waals surface area (Å²) in [4.78, 5) is 36.8. The van der Waals surface area contributed by atoms with Crippen LogP contribution in [0, 0.1) is 10.1 Å². The molecule has 1 aromatic carbocycles. The van der Waals surface area contributed by atoms with Gasteiger partial charge in [-0.1, -0.05) is 0 Å². The second kappa shape index (κ2) is 8.15. The number of aromatic amines is 1. The van der Waals surface area contributed by atoms with E-state index in [9.17, 15) is 19.7 Å². The summed E-state index contributed by atoms with van der Waals surface area (Å²) in [6, 6.07) is 4.27. The molecule has 2 N–H and O–H groups in total. The van der Waals surface area contributed by atoms with Crippen molar-refractivity contribution in [3.63, 3.8) is 0 Å². The molecule has 138 valence electrons. The molecular formula is C17H19N3O6. The van der Waals surface area contributed by atoms with Crippen LogP contribution in [0.1, 0.15) is 33.3 Å². The van der Waals surface area contributed by atoms with Gasteiger partial charge in [0.2, 0.25) is 0 Å². The molecule has 0 aliphatic carbocycles. The molecule has 0 unspecified atom stereocenters. The molecule has 0 atom stereocenters. The Hall–Kier alpha value is -3.36. The molecule has 0 fully saturated rings. The van der Waals surface area contributed by atoms with Gasteiger partial charge in [-0.25, -0.2) is 0 Å². The van der Waals surface area contributed by atoms with E-state index in [1.807, 2.05) is 0 Å². The smallest absolute Gasteiger partial charge is 0.276 e. The Morgan fingerprint density at radius 1 is 1.19 bits per heavy atom. The van der Waals surface area contributed by atoms with Gasteiger partial charge in [-0.05, 0) is 25.5 Å². The molecule has 9 nitrogen and oxygen atoms in total. The van der Waals surface area contributed by atoms with Crippen LogP contribution in [0.25, 0.3) is 0 Å². The van der Waals surface area contributed by atoms with Gasteiger partial charge in [0.05, 0.1) is 25.2 Å². The predicted molar refractivity (Wildman–Crippen MR) is 93.0 cm³/mol. The van der Waals surface area contributed by atoms with Crippen LogP contribution in [0.2, 0.25) is 0 Å². The standard InChI is InChI=1S/C17H19N3O6/c1-10(21)12-6-13(19-9-12)17(22)18-5-4-11-7-15(25-2)16(26-3)8-14(11)20(23)24/h6-9,19H,4-5H2,1-3H3,(H,18,22). The molecule has 0 bridgehead atoms. The van der Waals surface area contributed by atoms with Gasteiger partial charge >= 0.3 is 0 Å². The minimum atomic E-state index is -0.511. The van der Waals surface area contributed by atoms with Gasteiger partial charge in [0.15, 0.2) is 17.3 Å². The van der Waals surface area contributed by atoms with E-state index >= 15 is 0 Å². The first-order chi connectivity index (χ1) is 12.4.